The van der Waals surface area contributed by atoms with E-state index in [4.69, 9.17) is 0 Å². The molecule has 1 aromatic heterocycles. The first-order valence-electron chi connectivity index (χ1n) is 5.40. The Kier molecular flexibility index (Phi) is 4.91. The first kappa shape index (κ1) is 12.6. The van der Waals surface area contributed by atoms with Gasteiger partial charge in [-0.2, -0.15) is 15.4 Å². The predicted molar refractivity (Wildman–Crippen MR) is 58.6 cm³/mol. The van der Waals surface area contributed by atoms with Gasteiger partial charge in [-0.15, -0.1) is 0 Å². The third-order valence-corrected chi connectivity index (χ3v) is 2.14. The zero-order valence-electron chi connectivity index (χ0n) is 9.60. The summed E-state index contributed by atoms with van der Waals surface area (Å²) in [4.78, 5) is 11.4. The highest BCUT2D eigenvalue weighted by Crippen LogP contribution is 2.04. The van der Waals surface area contributed by atoms with Crippen LogP contribution in [0.4, 0.5) is 0 Å². The Morgan fingerprint density at radius 2 is 2.38 bits per heavy atom. The van der Waals surface area contributed by atoms with Crippen molar-refractivity contribution in [1.82, 2.24) is 20.7 Å². The van der Waals surface area contributed by atoms with Crippen LogP contribution in [0.2, 0.25) is 0 Å². The molecular weight excluding hydrogens is 208 g/mol. The Morgan fingerprint density at radius 3 is 2.94 bits per heavy atom. The van der Waals surface area contributed by atoms with Gasteiger partial charge in [-0.25, -0.2) is 0 Å². The zero-order valence-corrected chi connectivity index (χ0v) is 9.60. The molecule has 0 aliphatic carbocycles. The number of amides is 1. The van der Waals surface area contributed by atoms with Gasteiger partial charge in [-0.3, -0.25) is 4.79 Å². The van der Waals surface area contributed by atoms with Gasteiger partial charge in [0.05, 0.1) is 11.9 Å². The molecule has 1 aromatic rings. The minimum atomic E-state index is -0.919. The van der Waals surface area contributed by atoms with E-state index in [9.17, 15) is 9.90 Å². The molecule has 1 atom stereocenters. The number of aromatic nitrogens is 3. The van der Waals surface area contributed by atoms with E-state index in [2.05, 4.69) is 20.7 Å². The molecule has 0 radical (unpaired) electrons. The Bertz CT molecular complexity index is 311. The molecule has 0 bridgehead atoms. The summed E-state index contributed by atoms with van der Waals surface area (Å²) >= 11 is 0. The van der Waals surface area contributed by atoms with Crippen molar-refractivity contribution in [2.24, 2.45) is 5.92 Å². The van der Waals surface area contributed by atoms with Crippen LogP contribution >= 0.6 is 0 Å². The largest absolute Gasteiger partial charge is 0.383 e. The van der Waals surface area contributed by atoms with Crippen molar-refractivity contribution in [1.29, 1.82) is 0 Å². The van der Waals surface area contributed by atoms with Crippen LogP contribution in [0.15, 0.2) is 6.20 Å². The lowest BCUT2D eigenvalue weighted by molar-refractivity contribution is -0.130. The number of hydrogen-bond donors (Lipinski definition) is 3. The number of aliphatic hydroxyl groups is 1. The Balaban J connectivity index is 2.19. The number of carbonyl (C=O) groups is 1. The topological polar surface area (TPSA) is 90.9 Å². The number of H-pyrrole nitrogens is 1. The number of nitrogens with zero attached hydrogens (tertiary/aromatic N) is 2. The summed E-state index contributed by atoms with van der Waals surface area (Å²) in [6.45, 7) is 4.39. The van der Waals surface area contributed by atoms with Crippen LogP contribution in [0.1, 0.15) is 26.0 Å². The Labute approximate surface area is 94.4 Å². The monoisotopic (exact) mass is 226 g/mol. The van der Waals surface area contributed by atoms with Crippen molar-refractivity contribution in [3.8, 4) is 0 Å². The fourth-order valence-corrected chi connectivity index (χ4v) is 1.33. The standard InChI is InChI=1S/C10H18N4O2/c1-7(2)5-9(15)10(16)11-4-3-8-6-12-14-13-8/h6-7,9,15H,3-5H2,1-2H3,(H,11,16)(H,12,13,14). The van der Waals surface area contributed by atoms with Crippen molar-refractivity contribution in [3.63, 3.8) is 0 Å². The van der Waals surface area contributed by atoms with Crippen LogP contribution in [0.3, 0.4) is 0 Å². The van der Waals surface area contributed by atoms with E-state index in [1.807, 2.05) is 13.8 Å². The van der Waals surface area contributed by atoms with Gasteiger partial charge in [0, 0.05) is 13.0 Å². The fraction of sp³-hybridized carbons (Fsp3) is 0.700. The highest BCUT2D eigenvalue weighted by molar-refractivity contribution is 5.80. The van der Waals surface area contributed by atoms with Crippen molar-refractivity contribution >= 4 is 5.91 Å². The Morgan fingerprint density at radius 1 is 1.62 bits per heavy atom. The number of hydrogen-bond acceptors (Lipinski definition) is 4. The molecule has 0 aromatic carbocycles. The molecule has 6 nitrogen and oxygen atoms in total. The molecule has 6 heteroatoms. The number of aliphatic hydroxyl groups excluding tert-OH is 1. The van der Waals surface area contributed by atoms with Gasteiger partial charge < -0.3 is 10.4 Å². The van der Waals surface area contributed by atoms with Crippen LogP contribution in [0.5, 0.6) is 0 Å². The van der Waals surface area contributed by atoms with E-state index < -0.39 is 6.10 Å². The van der Waals surface area contributed by atoms with Gasteiger partial charge in [0.15, 0.2) is 0 Å². The molecule has 90 valence electrons. The molecule has 1 amide bonds. The van der Waals surface area contributed by atoms with E-state index in [1.165, 1.54) is 0 Å². The molecule has 1 rings (SSSR count). The van der Waals surface area contributed by atoms with Crippen LogP contribution in [-0.4, -0.2) is 39.1 Å². The van der Waals surface area contributed by atoms with E-state index in [0.29, 0.717) is 25.3 Å². The number of nitrogens with one attached hydrogen (secondary N) is 2. The smallest absolute Gasteiger partial charge is 0.248 e. The molecule has 0 aliphatic heterocycles. The SMILES string of the molecule is CC(C)CC(O)C(=O)NCCc1cn[nH]n1. The second-order valence-corrected chi connectivity index (χ2v) is 4.15. The third kappa shape index (κ3) is 4.39. The molecule has 0 saturated heterocycles. The van der Waals surface area contributed by atoms with Gasteiger partial charge >= 0.3 is 0 Å². The summed E-state index contributed by atoms with van der Waals surface area (Å²) in [5.74, 6) is -0.0199. The first-order chi connectivity index (χ1) is 7.59. The highest BCUT2D eigenvalue weighted by Gasteiger charge is 2.15. The minimum absolute atomic E-state index is 0.302. The van der Waals surface area contributed by atoms with E-state index in [1.54, 1.807) is 6.20 Å². The van der Waals surface area contributed by atoms with Gasteiger partial charge in [-0.05, 0) is 12.3 Å². The minimum Gasteiger partial charge on any atom is -0.383 e. The lowest BCUT2D eigenvalue weighted by Gasteiger charge is -2.12. The molecule has 0 spiro atoms. The summed E-state index contributed by atoms with van der Waals surface area (Å²) < 4.78 is 0. The number of aromatic amines is 1. The molecule has 1 unspecified atom stereocenters. The third-order valence-electron chi connectivity index (χ3n) is 2.14. The summed E-state index contributed by atoms with van der Waals surface area (Å²) in [6.07, 6.45) is 1.78. The summed E-state index contributed by atoms with van der Waals surface area (Å²) in [6, 6.07) is 0. The lowest BCUT2D eigenvalue weighted by atomic mass is 10.1. The molecule has 16 heavy (non-hydrogen) atoms. The van der Waals surface area contributed by atoms with Gasteiger partial charge in [0.2, 0.25) is 5.91 Å². The van der Waals surface area contributed by atoms with Gasteiger partial charge in [0.1, 0.15) is 6.10 Å². The quantitative estimate of drug-likeness (QED) is 0.630. The summed E-state index contributed by atoms with van der Waals surface area (Å²) in [7, 11) is 0. The van der Waals surface area contributed by atoms with Crippen molar-refractivity contribution in [2.45, 2.75) is 32.8 Å². The Hall–Kier alpha value is -1.43. The molecular formula is C10H18N4O2. The predicted octanol–water partition coefficient (Wildman–Crippen LogP) is -0.130. The zero-order chi connectivity index (χ0) is 12.0. The summed E-state index contributed by atoms with van der Waals surface area (Å²) in [5.41, 5.74) is 0.790. The number of rotatable bonds is 6. The maximum Gasteiger partial charge on any atom is 0.248 e. The van der Waals surface area contributed by atoms with Crippen LogP contribution in [0.25, 0.3) is 0 Å². The molecule has 0 aliphatic rings. The van der Waals surface area contributed by atoms with Crippen LogP contribution in [0, 0.1) is 5.92 Å². The summed E-state index contributed by atoms with van der Waals surface area (Å²) in [5, 5.41) is 22.2. The van der Waals surface area contributed by atoms with Crippen molar-refractivity contribution in [3.05, 3.63) is 11.9 Å². The number of carbonyl (C=O) groups excluding carboxylic acids is 1. The average molecular weight is 226 g/mol. The van der Waals surface area contributed by atoms with E-state index in [-0.39, 0.29) is 5.91 Å². The van der Waals surface area contributed by atoms with Crippen molar-refractivity contribution in [2.75, 3.05) is 6.54 Å². The van der Waals surface area contributed by atoms with Crippen molar-refractivity contribution < 1.29 is 9.90 Å². The first-order valence-corrected chi connectivity index (χ1v) is 5.40. The highest BCUT2D eigenvalue weighted by atomic mass is 16.3. The molecule has 1 heterocycles. The maximum atomic E-state index is 11.4. The second-order valence-electron chi connectivity index (χ2n) is 4.15. The van der Waals surface area contributed by atoms with Gasteiger partial charge in [0.25, 0.3) is 0 Å². The van der Waals surface area contributed by atoms with Crippen LogP contribution < -0.4 is 5.32 Å². The average Bonchev–Trinajstić information content (AvgIpc) is 2.69. The van der Waals surface area contributed by atoms with Crippen LogP contribution in [-0.2, 0) is 11.2 Å². The maximum absolute atomic E-state index is 11.4. The second kappa shape index (κ2) is 6.22. The molecule has 3 N–H and O–H groups in total. The molecule has 0 fully saturated rings. The normalized spacial score (nSPS) is 12.8. The lowest BCUT2D eigenvalue weighted by Crippen LogP contribution is -2.36. The molecule has 0 saturated carbocycles. The van der Waals surface area contributed by atoms with Gasteiger partial charge in [-0.1, -0.05) is 13.8 Å². The van der Waals surface area contributed by atoms with E-state index in [0.717, 1.165) is 5.69 Å². The fourth-order valence-electron chi connectivity index (χ4n) is 1.33. The van der Waals surface area contributed by atoms with E-state index >= 15 is 0 Å².